The average molecular weight is 389 g/mol. The van der Waals surface area contributed by atoms with Crippen molar-refractivity contribution in [1.82, 2.24) is 15.0 Å². The molecule has 1 aromatic carbocycles. The van der Waals surface area contributed by atoms with Gasteiger partial charge in [0.25, 0.3) is 0 Å². The summed E-state index contributed by atoms with van der Waals surface area (Å²) in [6, 6.07) is 10.2. The van der Waals surface area contributed by atoms with Gasteiger partial charge in [0.05, 0.1) is 5.69 Å². The Kier molecular flexibility index (Phi) is 5.39. The third-order valence-electron chi connectivity index (χ3n) is 3.47. The van der Waals surface area contributed by atoms with Crippen molar-refractivity contribution in [1.29, 1.82) is 0 Å². The van der Waals surface area contributed by atoms with E-state index in [1.165, 1.54) is 6.07 Å². The Morgan fingerprint density at radius 1 is 1.07 bits per heavy atom. The van der Waals surface area contributed by atoms with Crippen LogP contribution in [-0.2, 0) is 17.4 Å². The number of nitrogens with zero attached hydrogens (tertiary/aromatic N) is 3. The fourth-order valence-corrected chi connectivity index (χ4v) is 2.29. The van der Waals surface area contributed by atoms with Crippen molar-refractivity contribution in [2.45, 2.75) is 12.6 Å². The number of halogens is 3. The smallest absolute Gasteiger partial charge is 0.433 e. The molecule has 2 aromatic heterocycles. The van der Waals surface area contributed by atoms with Crippen LogP contribution in [0, 0.1) is 0 Å². The van der Waals surface area contributed by atoms with Gasteiger partial charge >= 0.3 is 6.18 Å². The number of alkyl halides is 3. The predicted octanol–water partition coefficient (Wildman–Crippen LogP) is 3.75. The number of nitrogens with one attached hydrogen (secondary N) is 1. The van der Waals surface area contributed by atoms with Crippen LogP contribution in [0.1, 0.15) is 11.4 Å². The van der Waals surface area contributed by atoms with E-state index in [-0.39, 0.29) is 18.1 Å². The van der Waals surface area contributed by atoms with Crippen molar-refractivity contribution in [3.63, 3.8) is 0 Å². The molecule has 0 aliphatic carbocycles. The fourth-order valence-electron chi connectivity index (χ4n) is 2.29. The van der Waals surface area contributed by atoms with Crippen LogP contribution in [-0.4, -0.2) is 21.2 Å². The molecule has 0 amide bonds. The molecule has 7 nitrogen and oxygen atoms in total. The fraction of sp³-hybridized carbons (Fsp3) is 0.111. The van der Waals surface area contributed by atoms with Crippen molar-refractivity contribution in [3.8, 4) is 11.5 Å². The second-order valence-corrected chi connectivity index (χ2v) is 5.60. The second-order valence-electron chi connectivity index (χ2n) is 5.60. The summed E-state index contributed by atoms with van der Waals surface area (Å²) in [7, 11) is 0. The van der Waals surface area contributed by atoms with E-state index in [1.54, 1.807) is 30.3 Å². The summed E-state index contributed by atoms with van der Waals surface area (Å²) in [6.07, 6.45) is -2.69. The van der Waals surface area contributed by atoms with E-state index in [4.69, 9.17) is 10.5 Å². The number of aromatic nitrogens is 3. The summed E-state index contributed by atoms with van der Waals surface area (Å²) in [5, 5.41) is 3.00. The molecule has 0 saturated carbocycles. The zero-order valence-electron chi connectivity index (χ0n) is 14.3. The number of aldehydes is 1. The number of nitrogens with two attached hydrogens (primary N) is 1. The summed E-state index contributed by atoms with van der Waals surface area (Å²) in [5.41, 5.74) is 5.69. The lowest BCUT2D eigenvalue weighted by atomic mass is 10.2. The molecule has 10 heteroatoms. The Hall–Kier alpha value is -3.69. The first-order valence-electron chi connectivity index (χ1n) is 7.99. The normalized spacial score (nSPS) is 11.1. The number of ether oxygens (including phenoxy) is 1. The number of nitrogen functional groups attached to an aromatic ring is 1. The first kappa shape index (κ1) is 19.1. The van der Waals surface area contributed by atoms with Crippen LogP contribution in [0.15, 0.2) is 48.7 Å². The highest BCUT2D eigenvalue weighted by molar-refractivity contribution is 5.60. The molecule has 0 saturated heterocycles. The Labute approximate surface area is 157 Å². The van der Waals surface area contributed by atoms with E-state index >= 15 is 0 Å². The molecule has 0 atom stereocenters. The molecule has 28 heavy (non-hydrogen) atoms. The minimum absolute atomic E-state index is 0.0186. The molecular formula is C18H14F3N5O2. The molecule has 3 rings (SSSR count). The van der Waals surface area contributed by atoms with Crippen molar-refractivity contribution in [2.75, 3.05) is 11.1 Å². The van der Waals surface area contributed by atoms with E-state index in [2.05, 4.69) is 20.3 Å². The van der Waals surface area contributed by atoms with Crippen molar-refractivity contribution in [3.05, 3.63) is 60.0 Å². The van der Waals surface area contributed by atoms with Crippen LogP contribution in [0.2, 0.25) is 0 Å². The van der Waals surface area contributed by atoms with Gasteiger partial charge in [-0.1, -0.05) is 0 Å². The van der Waals surface area contributed by atoms with Crippen LogP contribution >= 0.6 is 0 Å². The lowest BCUT2D eigenvalue weighted by Gasteiger charge is -2.10. The van der Waals surface area contributed by atoms with Gasteiger partial charge in [0.2, 0.25) is 5.95 Å². The van der Waals surface area contributed by atoms with Crippen LogP contribution in [0.5, 0.6) is 11.5 Å². The highest BCUT2D eigenvalue weighted by atomic mass is 19.4. The van der Waals surface area contributed by atoms with Gasteiger partial charge in [-0.25, -0.2) is 4.98 Å². The summed E-state index contributed by atoms with van der Waals surface area (Å²) in [6.45, 7) is 0. The Morgan fingerprint density at radius 3 is 2.50 bits per heavy atom. The number of pyridine rings is 1. The second kappa shape index (κ2) is 7.91. The molecule has 3 aromatic rings. The first-order chi connectivity index (χ1) is 13.3. The van der Waals surface area contributed by atoms with Crippen LogP contribution in [0.4, 0.5) is 30.6 Å². The Bertz CT molecular complexity index is 978. The molecule has 0 spiro atoms. The van der Waals surface area contributed by atoms with E-state index < -0.39 is 11.9 Å². The standard InChI is InChI=1S/C18H14F3N5O2/c19-18(20,21)15-10-14(5-7-23-15)28-13-3-1-11(2-4-13)24-16-9-12(6-8-27)25-17(22)26-16/h1-5,7-10H,6H2,(H3,22,24,25,26). The number of benzene rings is 1. The number of carbonyl (C=O) groups excluding carboxylic acids is 1. The van der Waals surface area contributed by atoms with Gasteiger partial charge in [-0.3, -0.25) is 4.98 Å². The monoisotopic (exact) mass is 389 g/mol. The Balaban J connectivity index is 1.71. The minimum Gasteiger partial charge on any atom is -0.457 e. The molecule has 0 bridgehead atoms. The maximum atomic E-state index is 12.7. The molecule has 0 radical (unpaired) electrons. The van der Waals surface area contributed by atoms with Gasteiger partial charge in [0, 0.05) is 30.4 Å². The van der Waals surface area contributed by atoms with Crippen LogP contribution in [0.25, 0.3) is 0 Å². The number of hydrogen-bond acceptors (Lipinski definition) is 7. The zero-order valence-corrected chi connectivity index (χ0v) is 14.3. The van der Waals surface area contributed by atoms with Crippen LogP contribution in [0.3, 0.4) is 0 Å². The number of carbonyl (C=O) groups is 1. The lowest BCUT2D eigenvalue weighted by Crippen LogP contribution is -2.07. The predicted molar refractivity (Wildman–Crippen MR) is 95.3 cm³/mol. The van der Waals surface area contributed by atoms with Crippen LogP contribution < -0.4 is 15.8 Å². The maximum Gasteiger partial charge on any atom is 0.433 e. The quantitative estimate of drug-likeness (QED) is 0.619. The third kappa shape index (κ3) is 4.93. The van der Waals surface area contributed by atoms with Gasteiger partial charge < -0.3 is 20.6 Å². The van der Waals surface area contributed by atoms with E-state index in [9.17, 15) is 18.0 Å². The first-order valence-corrected chi connectivity index (χ1v) is 7.99. The average Bonchev–Trinajstić information content (AvgIpc) is 2.63. The van der Waals surface area contributed by atoms with Gasteiger partial charge in [-0.2, -0.15) is 18.2 Å². The summed E-state index contributed by atoms with van der Waals surface area (Å²) in [4.78, 5) is 21.9. The third-order valence-corrected chi connectivity index (χ3v) is 3.47. The molecule has 0 aliphatic heterocycles. The lowest BCUT2D eigenvalue weighted by molar-refractivity contribution is -0.141. The van der Waals surface area contributed by atoms with Gasteiger partial charge in [0.1, 0.15) is 29.3 Å². The Morgan fingerprint density at radius 2 is 1.82 bits per heavy atom. The zero-order chi connectivity index (χ0) is 20.1. The van der Waals surface area contributed by atoms with E-state index in [1.807, 2.05) is 0 Å². The van der Waals surface area contributed by atoms with Crippen molar-refractivity contribution >= 4 is 23.7 Å². The highest BCUT2D eigenvalue weighted by Crippen LogP contribution is 2.31. The largest absolute Gasteiger partial charge is 0.457 e. The van der Waals surface area contributed by atoms with Crippen molar-refractivity contribution < 1.29 is 22.7 Å². The molecule has 0 aliphatic rings. The highest BCUT2D eigenvalue weighted by Gasteiger charge is 2.32. The molecule has 2 heterocycles. The SMILES string of the molecule is Nc1nc(CC=O)cc(Nc2ccc(Oc3ccnc(C(F)(F)F)c3)cc2)n1. The number of anilines is 3. The number of rotatable bonds is 6. The minimum atomic E-state index is -4.55. The summed E-state index contributed by atoms with van der Waals surface area (Å²) < 4.78 is 43.6. The molecular weight excluding hydrogens is 375 g/mol. The molecule has 0 unspecified atom stereocenters. The number of hydrogen-bond donors (Lipinski definition) is 2. The van der Waals surface area contributed by atoms with E-state index in [0.717, 1.165) is 12.3 Å². The molecule has 3 N–H and O–H groups in total. The van der Waals surface area contributed by atoms with Crippen molar-refractivity contribution in [2.24, 2.45) is 0 Å². The molecule has 144 valence electrons. The molecule has 0 fully saturated rings. The summed E-state index contributed by atoms with van der Waals surface area (Å²) >= 11 is 0. The van der Waals surface area contributed by atoms with Gasteiger partial charge in [0.15, 0.2) is 0 Å². The van der Waals surface area contributed by atoms with E-state index in [0.29, 0.717) is 29.2 Å². The van der Waals surface area contributed by atoms with Gasteiger partial charge in [-0.05, 0) is 30.3 Å². The summed E-state index contributed by atoms with van der Waals surface area (Å²) in [5.74, 6) is 0.792. The topological polar surface area (TPSA) is 103 Å². The maximum absolute atomic E-state index is 12.7. The van der Waals surface area contributed by atoms with Gasteiger partial charge in [-0.15, -0.1) is 0 Å².